The summed E-state index contributed by atoms with van der Waals surface area (Å²) in [4.78, 5) is 23.3. The summed E-state index contributed by atoms with van der Waals surface area (Å²) in [5.41, 5.74) is 2.60. The van der Waals surface area contributed by atoms with Gasteiger partial charge in [0.2, 0.25) is 5.91 Å². The lowest BCUT2D eigenvalue weighted by molar-refractivity contribution is -0.111. The highest BCUT2D eigenvalue weighted by molar-refractivity contribution is 6.32. The number of dihydropyridines is 1. The zero-order chi connectivity index (χ0) is 27.8. The van der Waals surface area contributed by atoms with E-state index in [0.29, 0.717) is 64.3 Å². The Morgan fingerprint density at radius 1 is 1.24 bits per heavy atom. The zero-order valence-electron chi connectivity index (χ0n) is 22.6. The summed E-state index contributed by atoms with van der Waals surface area (Å²) in [6.45, 7) is 3.71. The highest BCUT2D eigenvalue weighted by Gasteiger charge is 2.14. The molecule has 0 saturated carbocycles. The molecule has 1 aromatic heterocycles. The largest absolute Gasteiger partial charge is 0.492 e. The first-order chi connectivity index (χ1) is 18.8. The van der Waals surface area contributed by atoms with Crippen molar-refractivity contribution in [2.24, 2.45) is 0 Å². The van der Waals surface area contributed by atoms with Crippen LogP contribution >= 0.6 is 11.6 Å². The number of fused-ring (bicyclic) bond motifs is 1. The number of benzene rings is 2. The van der Waals surface area contributed by atoms with Gasteiger partial charge in [0.25, 0.3) is 0 Å². The molecule has 2 heterocycles. The van der Waals surface area contributed by atoms with Crippen LogP contribution in [0, 0.1) is 0 Å². The number of allylic oxidation sites excluding steroid dienone is 2. The lowest BCUT2D eigenvalue weighted by Gasteiger charge is -2.16. The Balaban J connectivity index is 1.55. The smallest absolute Gasteiger partial charge is 0.248 e. The molecule has 3 aromatic rings. The van der Waals surface area contributed by atoms with Gasteiger partial charge >= 0.3 is 0 Å². The van der Waals surface area contributed by atoms with Gasteiger partial charge in [-0.25, -0.2) is 9.97 Å². The fourth-order valence-electron chi connectivity index (χ4n) is 3.64. The second kappa shape index (κ2) is 12.9. The summed E-state index contributed by atoms with van der Waals surface area (Å²) in [6.07, 6.45) is 10.4. The highest BCUT2D eigenvalue weighted by atomic mass is 35.5. The number of nitrogens with one attached hydrogen (secondary N) is 3. The molecule has 0 aliphatic carbocycles. The second-order valence-corrected chi connectivity index (χ2v) is 9.07. The number of aromatic nitrogens is 2. The molecule has 0 saturated heterocycles. The van der Waals surface area contributed by atoms with Crippen molar-refractivity contribution in [1.82, 2.24) is 20.2 Å². The molecule has 1 aliphatic rings. The minimum atomic E-state index is -0.264. The lowest BCUT2D eigenvalue weighted by Crippen LogP contribution is -2.20. The van der Waals surface area contributed by atoms with Crippen LogP contribution in [0.3, 0.4) is 0 Å². The molecule has 1 amide bonds. The third kappa shape index (κ3) is 7.24. The van der Waals surface area contributed by atoms with E-state index in [-0.39, 0.29) is 12.5 Å². The van der Waals surface area contributed by atoms with Crippen LogP contribution in [-0.2, 0) is 4.79 Å². The van der Waals surface area contributed by atoms with Gasteiger partial charge in [-0.1, -0.05) is 29.8 Å². The second-order valence-electron chi connectivity index (χ2n) is 8.66. The molecular formula is C28H31ClN6O3. The molecule has 10 heteroatoms. The summed E-state index contributed by atoms with van der Waals surface area (Å²) >= 11 is 6.50. The van der Waals surface area contributed by atoms with Gasteiger partial charge in [0.1, 0.15) is 30.3 Å². The van der Waals surface area contributed by atoms with Crippen molar-refractivity contribution in [2.75, 3.05) is 51.0 Å². The van der Waals surface area contributed by atoms with Gasteiger partial charge in [0.05, 0.1) is 22.8 Å². The number of halogens is 1. The highest BCUT2D eigenvalue weighted by Crippen LogP contribution is 2.35. The van der Waals surface area contributed by atoms with Crippen molar-refractivity contribution >= 4 is 45.6 Å². The Kier molecular flexibility index (Phi) is 8.70. The molecule has 0 radical (unpaired) electrons. The third-order valence-electron chi connectivity index (χ3n) is 5.43. The van der Waals surface area contributed by atoms with E-state index in [0.717, 1.165) is 5.70 Å². The third-order valence-corrected chi connectivity index (χ3v) is 5.72. The Bertz CT molecular complexity index is 1430. The average Bonchev–Trinajstić information content (AvgIpc) is 2.90. The van der Waals surface area contributed by atoms with Crippen LogP contribution in [0.25, 0.3) is 10.9 Å². The fourth-order valence-corrected chi connectivity index (χ4v) is 3.88. The number of likely N-dealkylation sites (N-methyl/N-ethyl adjacent to an activating group) is 1. The molecule has 38 heavy (non-hydrogen) atoms. The summed E-state index contributed by atoms with van der Waals surface area (Å²) < 4.78 is 19.6. The first-order valence-corrected chi connectivity index (χ1v) is 12.6. The van der Waals surface area contributed by atoms with Crippen molar-refractivity contribution in [3.63, 3.8) is 0 Å². The maximum atomic E-state index is 12.5. The summed E-state index contributed by atoms with van der Waals surface area (Å²) in [5, 5.41) is 8.66. The van der Waals surface area contributed by atoms with Gasteiger partial charge in [-0.2, -0.15) is 0 Å². The van der Waals surface area contributed by atoms with Crippen LogP contribution in [0.2, 0.25) is 6.43 Å². The van der Waals surface area contributed by atoms with Crippen molar-refractivity contribution in [1.29, 1.82) is 0 Å². The number of anilines is 3. The number of hydrogen-bond acceptors (Lipinski definition) is 8. The minimum absolute atomic E-state index is 0.234. The van der Waals surface area contributed by atoms with Crippen LogP contribution in [-0.4, -0.2) is 61.2 Å². The van der Waals surface area contributed by atoms with Crippen molar-refractivity contribution in [3.8, 4) is 11.5 Å². The zero-order valence-corrected chi connectivity index (χ0v) is 22.3. The SMILES string of the molecule is [2H]N1CC=CC=C1COc1ccc(Nc2ncnc3cc(OCC)c(NC(=O)/C=C/CN(C)C)cc23)cc1Cl. The quantitative estimate of drug-likeness (QED) is 0.298. The summed E-state index contributed by atoms with van der Waals surface area (Å²) in [7, 11) is 3.86. The average molecular weight is 536 g/mol. The number of hydrogen-bond donors (Lipinski definition) is 3. The topological polar surface area (TPSA) is 101 Å². The van der Waals surface area contributed by atoms with Crippen LogP contribution in [0.5, 0.6) is 11.5 Å². The van der Waals surface area contributed by atoms with E-state index < -0.39 is 0 Å². The monoisotopic (exact) mass is 535 g/mol. The maximum absolute atomic E-state index is 12.5. The van der Waals surface area contributed by atoms with Crippen molar-refractivity contribution < 1.29 is 15.7 Å². The number of rotatable bonds is 11. The van der Waals surface area contributed by atoms with Crippen LogP contribution < -0.4 is 25.4 Å². The number of amides is 1. The normalized spacial score (nSPS) is 13.6. The Morgan fingerprint density at radius 2 is 2.11 bits per heavy atom. The van der Waals surface area contributed by atoms with E-state index >= 15 is 0 Å². The van der Waals surface area contributed by atoms with Crippen LogP contribution in [0.4, 0.5) is 17.2 Å². The molecule has 4 rings (SSSR count). The van der Waals surface area contributed by atoms with Crippen molar-refractivity contribution in [3.05, 3.63) is 77.8 Å². The molecule has 2 aromatic carbocycles. The lowest BCUT2D eigenvalue weighted by atomic mass is 10.1. The molecule has 9 nitrogen and oxygen atoms in total. The van der Waals surface area contributed by atoms with Crippen molar-refractivity contribution in [2.45, 2.75) is 6.92 Å². The number of carbonyl (C=O) groups excluding carboxylic acids is 1. The molecule has 0 unspecified atom stereocenters. The molecular weight excluding hydrogens is 504 g/mol. The van der Waals surface area contributed by atoms with Gasteiger partial charge in [-0.3, -0.25) is 4.79 Å². The van der Waals surface area contributed by atoms with E-state index in [1.807, 2.05) is 50.2 Å². The molecule has 0 atom stereocenters. The van der Waals surface area contributed by atoms with Gasteiger partial charge in [-0.05, 0) is 51.4 Å². The number of carbonyl (C=O) groups is 1. The predicted octanol–water partition coefficient (Wildman–Crippen LogP) is 4.90. The van der Waals surface area contributed by atoms with Gasteiger partial charge < -0.3 is 30.3 Å². The molecule has 0 bridgehead atoms. The van der Waals surface area contributed by atoms with Gasteiger partial charge in [0.15, 0.2) is 1.41 Å². The van der Waals surface area contributed by atoms with E-state index in [4.69, 9.17) is 22.5 Å². The first-order valence-electron chi connectivity index (χ1n) is 12.6. The first kappa shape index (κ1) is 25.6. The molecule has 0 spiro atoms. The fraction of sp³-hybridized carbons (Fsp3) is 0.250. The van der Waals surface area contributed by atoms with Gasteiger partial charge in [0, 0.05) is 42.0 Å². The Labute approximate surface area is 228 Å². The standard InChI is InChI=1S/C28H31ClN6O3/c1-4-37-26-16-23-21(15-24(26)34-27(36)9-7-13-35(2)3)28(32-18-31-23)33-19-10-11-25(22(29)14-19)38-17-20-8-5-6-12-30-20/h5-11,14-16,18,30H,4,12-13,17H2,1-3H3,(H,34,36)(H,31,32,33)/b9-7+/i/hD. The molecule has 198 valence electrons. The molecule has 3 N–H and O–H groups in total. The van der Waals surface area contributed by atoms with E-state index in [1.54, 1.807) is 30.3 Å². The van der Waals surface area contributed by atoms with E-state index in [1.165, 1.54) is 17.7 Å². The van der Waals surface area contributed by atoms with Gasteiger partial charge in [-0.15, -0.1) is 0 Å². The minimum Gasteiger partial charge on any atom is -0.492 e. The summed E-state index contributed by atoms with van der Waals surface area (Å²) in [6, 6.07) is 8.90. The molecule has 1 aliphatic heterocycles. The number of ether oxygens (including phenoxy) is 2. The van der Waals surface area contributed by atoms with Crippen LogP contribution in [0.1, 0.15) is 6.92 Å². The van der Waals surface area contributed by atoms with E-state index in [9.17, 15) is 4.79 Å². The Morgan fingerprint density at radius 3 is 2.87 bits per heavy atom. The van der Waals surface area contributed by atoms with Crippen LogP contribution in [0.15, 0.2) is 72.7 Å². The Hall–Kier alpha value is -4.08. The maximum Gasteiger partial charge on any atom is 0.248 e. The van der Waals surface area contributed by atoms with E-state index in [2.05, 4.69) is 20.6 Å². The predicted molar refractivity (Wildman–Crippen MR) is 152 cm³/mol. The summed E-state index contributed by atoms with van der Waals surface area (Å²) in [5.74, 6) is 1.30. The molecule has 0 fully saturated rings. The number of nitrogens with zero attached hydrogens (tertiary/aromatic N) is 3.